The minimum atomic E-state index is -4.88. The Hall–Kier alpha value is -1.27. The van der Waals surface area contributed by atoms with Crippen molar-refractivity contribution in [3.05, 3.63) is 46.0 Å². The lowest BCUT2D eigenvalue weighted by atomic mass is 10.2. The number of hydrogen-bond acceptors (Lipinski definition) is 4. The van der Waals surface area contributed by atoms with E-state index in [1.807, 2.05) is 0 Å². The third-order valence-corrected chi connectivity index (χ3v) is 1.99. The van der Waals surface area contributed by atoms with E-state index in [1.54, 1.807) is 6.07 Å². The number of phosphoric ester groups is 1. The Morgan fingerprint density at radius 1 is 1.33 bits per heavy atom. The Kier molecular flexibility index (Phi) is 3.54. The molecule has 0 aromatic heterocycles. The van der Waals surface area contributed by atoms with Gasteiger partial charge in [0.05, 0.1) is 10.5 Å². The van der Waals surface area contributed by atoms with Crippen LogP contribution in [0.3, 0.4) is 0 Å². The highest BCUT2D eigenvalue weighted by Gasteiger charge is 2.32. The third-order valence-electron chi connectivity index (χ3n) is 1.51. The normalized spacial score (nSPS) is 13.5. The van der Waals surface area contributed by atoms with Gasteiger partial charge in [0.15, 0.2) is 0 Å². The largest absolute Gasteiger partial charge is 0.475 e. The van der Waals surface area contributed by atoms with Crippen LogP contribution < -0.4 is 0 Å². The summed E-state index contributed by atoms with van der Waals surface area (Å²) < 4.78 is 14.5. The van der Waals surface area contributed by atoms with E-state index in [0.717, 1.165) is 0 Å². The summed E-state index contributed by atoms with van der Waals surface area (Å²) in [5.41, 5.74) is 0.0748. The molecule has 1 aromatic rings. The molecule has 1 aromatic carbocycles. The van der Waals surface area contributed by atoms with Gasteiger partial charge in [0, 0.05) is 0 Å². The minimum absolute atomic E-state index is 0.0748. The summed E-state index contributed by atoms with van der Waals surface area (Å²) in [6.45, 7) is 0. The number of hydrogen-bond donors (Lipinski definition) is 2. The van der Waals surface area contributed by atoms with E-state index in [4.69, 9.17) is 9.79 Å². The zero-order chi connectivity index (χ0) is 11.5. The molecule has 0 amide bonds. The summed E-state index contributed by atoms with van der Waals surface area (Å²) in [6.07, 6.45) is -1.85. The molecule has 0 fully saturated rings. The summed E-state index contributed by atoms with van der Waals surface area (Å²) in [7, 11) is -4.88. The van der Waals surface area contributed by atoms with Gasteiger partial charge in [0.2, 0.25) is 0 Å². The molecule has 1 rings (SSSR count). The Morgan fingerprint density at radius 3 is 2.27 bits per heavy atom. The number of nitrogens with zero attached hydrogens (tertiary/aromatic N) is 1. The fraction of sp³-hybridized carbons (Fsp3) is 0.143. The molecule has 2 N–H and O–H groups in total. The Bertz CT molecular complexity index is 388. The maximum absolute atomic E-state index is 10.5. The van der Waals surface area contributed by atoms with Gasteiger partial charge in [-0.3, -0.25) is 10.1 Å². The van der Waals surface area contributed by atoms with Crippen molar-refractivity contribution in [2.45, 2.75) is 6.23 Å². The highest BCUT2D eigenvalue weighted by Crippen LogP contribution is 2.42. The van der Waals surface area contributed by atoms with Crippen molar-refractivity contribution >= 4 is 7.82 Å². The highest BCUT2D eigenvalue weighted by atomic mass is 31.2. The smallest absolute Gasteiger partial charge is 0.302 e. The van der Waals surface area contributed by atoms with E-state index in [2.05, 4.69) is 4.52 Å². The molecule has 0 saturated heterocycles. The van der Waals surface area contributed by atoms with Crippen LogP contribution in [0.15, 0.2) is 30.3 Å². The topological polar surface area (TPSA) is 110 Å². The number of phosphoric acid groups is 1. The van der Waals surface area contributed by atoms with Gasteiger partial charge < -0.3 is 9.79 Å². The van der Waals surface area contributed by atoms with E-state index in [0.29, 0.717) is 0 Å². The standard InChI is InChI=1S/C7H8NO6P/c9-8(10)7(14-15(11,12)13)6-4-2-1-3-5-6/h1-5,7H,(H2,11,12,13). The van der Waals surface area contributed by atoms with Gasteiger partial charge in [-0.1, -0.05) is 18.2 Å². The molecule has 0 aliphatic heterocycles. The predicted molar refractivity (Wildman–Crippen MR) is 49.3 cm³/mol. The average Bonchev–Trinajstić information content (AvgIpc) is 2.14. The molecule has 0 aliphatic carbocycles. The van der Waals surface area contributed by atoms with Crippen LogP contribution in [0.4, 0.5) is 0 Å². The molecule has 15 heavy (non-hydrogen) atoms. The van der Waals surface area contributed by atoms with Crippen molar-refractivity contribution < 1.29 is 23.8 Å². The van der Waals surface area contributed by atoms with E-state index >= 15 is 0 Å². The van der Waals surface area contributed by atoms with Crippen molar-refractivity contribution in [1.29, 1.82) is 0 Å². The second kappa shape index (κ2) is 4.50. The van der Waals surface area contributed by atoms with Crippen molar-refractivity contribution in [2.75, 3.05) is 0 Å². The summed E-state index contributed by atoms with van der Waals surface area (Å²) in [6, 6.07) is 7.34. The number of nitro groups is 1. The van der Waals surface area contributed by atoms with Gasteiger partial charge in [0.1, 0.15) is 0 Å². The van der Waals surface area contributed by atoms with Crippen LogP contribution in [0.1, 0.15) is 11.8 Å². The molecule has 0 saturated carbocycles. The number of benzene rings is 1. The first-order chi connectivity index (χ1) is 6.90. The van der Waals surface area contributed by atoms with Crippen LogP contribution in [0.2, 0.25) is 0 Å². The number of rotatable bonds is 4. The molecule has 0 aliphatic rings. The Balaban J connectivity index is 2.95. The van der Waals surface area contributed by atoms with Crippen LogP contribution in [0.5, 0.6) is 0 Å². The van der Waals surface area contributed by atoms with E-state index in [-0.39, 0.29) is 5.56 Å². The van der Waals surface area contributed by atoms with Crippen molar-refractivity contribution in [2.24, 2.45) is 0 Å². The SMILES string of the molecule is O=[N+]([O-])C(OP(=O)(O)O)c1ccccc1. The maximum Gasteiger partial charge on any atom is 0.475 e. The molecule has 82 valence electrons. The average molecular weight is 233 g/mol. The van der Waals surface area contributed by atoms with E-state index < -0.39 is 19.0 Å². The molecule has 0 radical (unpaired) electrons. The van der Waals surface area contributed by atoms with Gasteiger partial charge in [-0.05, 0) is 12.1 Å². The molecule has 8 heteroatoms. The van der Waals surface area contributed by atoms with Gasteiger partial charge in [-0.15, -0.1) is 0 Å². The van der Waals surface area contributed by atoms with Crippen molar-refractivity contribution in [3.63, 3.8) is 0 Å². The van der Waals surface area contributed by atoms with Gasteiger partial charge >= 0.3 is 14.1 Å². The fourth-order valence-corrected chi connectivity index (χ4v) is 1.43. The second-order valence-electron chi connectivity index (χ2n) is 2.64. The van der Waals surface area contributed by atoms with Gasteiger partial charge in [-0.2, -0.15) is 0 Å². The summed E-state index contributed by atoms with van der Waals surface area (Å²) >= 11 is 0. The summed E-state index contributed by atoms with van der Waals surface area (Å²) in [4.78, 5) is 26.6. The van der Waals surface area contributed by atoms with E-state index in [9.17, 15) is 14.7 Å². The molecular weight excluding hydrogens is 225 g/mol. The van der Waals surface area contributed by atoms with Gasteiger partial charge in [0.25, 0.3) is 0 Å². The zero-order valence-electron chi connectivity index (χ0n) is 7.39. The van der Waals surface area contributed by atoms with Crippen LogP contribution in [-0.2, 0) is 9.09 Å². The first kappa shape index (κ1) is 11.8. The lowest BCUT2D eigenvalue weighted by molar-refractivity contribution is -0.572. The minimum Gasteiger partial charge on any atom is -0.302 e. The van der Waals surface area contributed by atoms with Crippen molar-refractivity contribution in [3.8, 4) is 0 Å². The van der Waals surface area contributed by atoms with Crippen LogP contribution in [-0.4, -0.2) is 14.7 Å². The summed E-state index contributed by atoms with van der Waals surface area (Å²) in [5.74, 6) is 0. The summed E-state index contributed by atoms with van der Waals surface area (Å²) in [5, 5.41) is 10.5. The second-order valence-corrected chi connectivity index (χ2v) is 3.84. The van der Waals surface area contributed by atoms with Crippen LogP contribution >= 0.6 is 7.82 Å². The first-order valence-corrected chi connectivity index (χ1v) is 5.35. The molecular formula is C7H8NO6P. The molecule has 0 heterocycles. The monoisotopic (exact) mass is 233 g/mol. The molecule has 7 nitrogen and oxygen atoms in total. The van der Waals surface area contributed by atoms with Crippen LogP contribution in [0.25, 0.3) is 0 Å². The first-order valence-electron chi connectivity index (χ1n) is 3.82. The quantitative estimate of drug-likeness (QED) is 0.348. The Labute approximate surface area is 84.7 Å². The Morgan fingerprint density at radius 2 is 1.87 bits per heavy atom. The van der Waals surface area contributed by atoms with Gasteiger partial charge in [-0.25, -0.2) is 9.09 Å². The lowest BCUT2D eigenvalue weighted by Gasteiger charge is -2.10. The van der Waals surface area contributed by atoms with Crippen molar-refractivity contribution in [1.82, 2.24) is 0 Å². The fourth-order valence-electron chi connectivity index (χ4n) is 0.969. The third kappa shape index (κ3) is 3.77. The zero-order valence-corrected chi connectivity index (χ0v) is 8.28. The molecule has 1 atom stereocenters. The maximum atomic E-state index is 10.5. The molecule has 0 bridgehead atoms. The lowest BCUT2D eigenvalue weighted by Crippen LogP contribution is -2.13. The highest BCUT2D eigenvalue weighted by molar-refractivity contribution is 7.46. The predicted octanol–water partition coefficient (Wildman–Crippen LogP) is 1.07. The molecule has 0 spiro atoms. The van der Waals surface area contributed by atoms with E-state index in [1.165, 1.54) is 24.3 Å². The molecule has 1 unspecified atom stereocenters. The van der Waals surface area contributed by atoms with Crippen LogP contribution in [0, 0.1) is 10.1 Å².